The Morgan fingerprint density at radius 1 is 0.591 bits per heavy atom. The highest BCUT2D eigenvalue weighted by Crippen LogP contribution is 2.29. The smallest absolute Gasteiger partial charge is 0.308 e. The summed E-state index contributed by atoms with van der Waals surface area (Å²) in [5.74, 6) is -2.52. The minimum atomic E-state index is -0.974. The second kappa shape index (κ2) is 14.7. The maximum absolute atomic E-state index is 13.3. The van der Waals surface area contributed by atoms with Gasteiger partial charge in [-0.05, 0) is 28.8 Å². The zero-order valence-corrected chi connectivity index (χ0v) is 24.2. The van der Waals surface area contributed by atoms with Crippen molar-refractivity contribution in [3.05, 3.63) is 162 Å². The average Bonchev–Trinajstić information content (AvgIpc) is 3.08. The van der Waals surface area contributed by atoms with Gasteiger partial charge in [0.25, 0.3) is 0 Å². The fourth-order valence-corrected chi connectivity index (χ4v) is 5.31. The van der Waals surface area contributed by atoms with Gasteiger partial charge in [-0.25, -0.2) is 0 Å². The van der Waals surface area contributed by atoms with E-state index in [9.17, 15) is 19.5 Å². The number of hydrogen-bond acceptors (Lipinski definition) is 5. The van der Waals surface area contributed by atoms with Crippen molar-refractivity contribution in [1.82, 2.24) is 5.32 Å². The Bertz CT molecular complexity index is 1690. The van der Waals surface area contributed by atoms with Gasteiger partial charge in [0, 0.05) is 41.4 Å². The number of ketones is 2. The molecule has 3 N–H and O–H groups in total. The molecule has 5 aromatic rings. The van der Waals surface area contributed by atoms with Crippen LogP contribution >= 0.6 is 0 Å². The van der Waals surface area contributed by atoms with Crippen LogP contribution in [-0.2, 0) is 4.79 Å². The molecule has 0 bridgehead atoms. The molecule has 220 valence electrons. The van der Waals surface area contributed by atoms with Crippen molar-refractivity contribution in [1.29, 1.82) is 0 Å². The summed E-state index contributed by atoms with van der Waals surface area (Å²) in [5, 5.41) is 16.9. The second-order valence-corrected chi connectivity index (χ2v) is 10.6. The van der Waals surface area contributed by atoms with Crippen LogP contribution < -0.4 is 10.6 Å². The SMILES string of the molecule is O=C(CNCC(c1ccc(-c2ccccc2)cc1)C(CNc1ccccc1C(=O)c1ccccc1)C(=O)O)c1ccccc1. The number of carbonyl (C=O) groups excluding carboxylic acids is 2. The molecule has 6 nitrogen and oxygen atoms in total. The summed E-state index contributed by atoms with van der Waals surface area (Å²) in [6, 6.07) is 43.0. The Hall–Kier alpha value is -5.33. The number of carboxylic acid groups (broad SMARTS) is 1. The maximum Gasteiger partial charge on any atom is 0.308 e. The van der Waals surface area contributed by atoms with Crippen LogP contribution in [0.1, 0.15) is 37.8 Å². The molecule has 44 heavy (non-hydrogen) atoms. The van der Waals surface area contributed by atoms with E-state index in [2.05, 4.69) is 10.6 Å². The van der Waals surface area contributed by atoms with E-state index in [0.29, 0.717) is 22.4 Å². The summed E-state index contributed by atoms with van der Waals surface area (Å²) in [6.07, 6.45) is 0. The molecule has 0 saturated carbocycles. The normalized spacial score (nSPS) is 12.2. The molecule has 0 aromatic heterocycles. The number of carboxylic acids is 1. The van der Waals surface area contributed by atoms with Crippen LogP contribution in [-0.4, -0.2) is 42.3 Å². The second-order valence-electron chi connectivity index (χ2n) is 10.6. The third-order valence-electron chi connectivity index (χ3n) is 7.71. The Labute approximate surface area is 257 Å². The average molecular weight is 583 g/mol. The molecule has 5 rings (SSSR count). The van der Waals surface area contributed by atoms with Crippen LogP contribution in [0.4, 0.5) is 5.69 Å². The first-order chi connectivity index (χ1) is 21.5. The van der Waals surface area contributed by atoms with E-state index in [1.165, 1.54) is 0 Å². The molecule has 0 aliphatic heterocycles. The number of carbonyl (C=O) groups is 3. The lowest BCUT2D eigenvalue weighted by Crippen LogP contribution is -2.37. The highest BCUT2D eigenvalue weighted by molar-refractivity contribution is 6.12. The third kappa shape index (κ3) is 7.54. The van der Waals surface area contributed by atoms with Gasteiger partial charge in [-0.1, -0.05) is 127 Å². The molecular weight excluding hydrogens is 548 g/mol. The first-order valence-electron chi connectivity index (χ1n) is 14.6. The summed E-state index contributed by atoms with van der Waals surface area (Å²) in [6.45, 7) is 0.428. The Balaban J connectivity index is 1.38. The van der Waals surface area contributed by atoms with Gasteiger partial charge in [0.2, 0.25) is 0 Å². The van der Waals surface area contributed by atoms with Gasteiger partial charge < -0.3 is 15.7 Å². The van der Waals surface area contributed by atoms with Crippen molar-refractivity contribution in [2.45, 2.75) is 5.92 Å². The molecule has 0 spiro atoms. The van der Waals surface area contributed by atoms with Crippen molar-refractivity contribution in [2.75, 3.05) is 25.0 Å². The quantitative estimate of drug-likeness (QED) is 0.123. The number of nitrogens with one attached hydrogen (secondary N) is 2. The Morgan fingerprint density at radius 2 is 1.14 bits per heavy atom. The number of para-hydroxylation sites is 1. The molecule has 2 unspecified atom stereocenters. The van der Waals surface area contributed by atoms with Crippen molar-refractivity contribution >= 4 is 23.2 Å². The van der Waals surface area contributed by atoms with Crippen LogP contribution in [0.5, 0.6) is 0 Å². The minimum absolute atomic E-state index is 0.0675. The molecule has 5 aromatic carbocycles. The molecule has 6 heteroatoms. The lowest BCUT2D eigenvalue weighted by atomic mass is 9.84. The van der Waals surface area contributed by atoms with E-state index in [0.717, 1.165) is 16.7 Å². The highest BCUT2D eigenvalue weighted by atomic mass is 16.4. The van der Waals surface area contributed by atoms with E-state index in [4.69, 9.17) is 0 Å². The predicted molar refractivity (Wildman–Crippen MR) is 174 cm³/mol. The summed E-state index contributed by atoms with van der Waals surface area (Å²) >= 11 is 0. The van der Waals surface area contributed by atoms with Gasteiger partial charge in [-0.3, -0.25) is 14.4 Å². The van der Waals surface area contributed by atoms with E-state index in [-0.39, 0.29) is 31.2 Å². The van der Waals surface area contributed by atoms with E-state index in [1.54, 1.807) is 42.5 Å². The predicted octanol–water partition coefficient (Wildman–Crippen LogP) is 6.95. The molecule has 0 saturated heterocycles. The molecule has 0 heterocycles. The van der Waals surface area contributed by atoms with Crippen LogP contribution in [0.3, 0.4) is 0 Å². The number of rotatable bonds is 14. The van der Waals surface area contributed by atoms with Crippen LogP contribution in [0.25, 0.3) is 11.1 Å². The maximum atomic E-state index is 13.3. The number of Topliss-reactive ketones (excluding diaryl/α,β-unsaturated/α-hetero) is 1. The molecule has 0 amide bonds. The van der Waals surface area contributed by atoms with Crippen LogP contribution in [0.15, 0.2) is 140 Å². The van der Waals surface area contributed by atoms with Gasteiger partial charge in [-0.15, -0.1) is 0 Å². The molecule has 0 fully saturated rings. The molecular formula is C38H34N2O4. The lowest BCUT2D eigenvalue weighted by Gasteiger charge is -2.26. The van der Waals surface area contributed by atoms with Gasteiger partial charge >= 0.3 is 5.97 Å². The standard InChI is InChI=1S/C38H34N2O4/c41-36(30-14-6-2-7-15-30)26-39-24-33(29-22-20-28(21-23-29)27-12-4-1-5-13-27)34(38(43)44)25-40-35-19-11-10-18-32(35)37(42)31-16-8-3-9-17-31/h1-23,33-34,39-40H,24-26H2,(H,43,44). The molecule has 2 atom stereocenters. The number of hydrogen-bond donors (Lipinski definition) is 3. The van der Waals surface area contributed by atoms with Gasteiger partial charge in [0.1, 0.15) is 0 Å². The van der Waals surface area contributed by atoms with Crippen LogP contribution in [0, 0.1) is 5.92 Å². The van der Waals surface area contributed by atoms with E-state index in [1.807, 2.05) is 97.1 Å². The van der Waals surface area contributed by atoms with E-state index < -0.39 is 17.8 Å². The van der Waals surface area contributed by atoms with E-state index >= 15 is 0 Å². The van der Waals surface area contributed by atoms with Crippen molar-refractivity contribution in [3.8, 4) is 11.1 Å². The molecule has 0 aliphatic rings. The summed E-state index contributed by atoms with van der Waals surface area (Å²) in [4.78, 5) is 38.8. The fourth-order valence-electron chi connectivity index (χ4n) is 5.31. The van der Waals surface area contributed by atoms with Crippen LogP contribution in [0.2, 0.25) is 0 Å². The number of anilines is 1. The highest BCUT2D eigenvalue weighted by Gasteiger charge is 2.30. The topological polar surface area (TPSA) is 95.5 Å². The summed E-state index contributed by atoms with van der Waals surface area (Å²) < 4.78 is 0. The Morgan fingerprint density at radius 3 is 1.77 bits per heavy atom. The summed E-state index contributed by atoms with van der Waals surface area (Å²) in [5.41, 5.74) is 5.13. The van der Waals surface area contributed by atoms with Gasteiger partial charge in [0.15, 0.2) is 11.6 Å². The van der Waals surface area contributed by atoms with Gasteiger partial charge in [-0.2, -0.15) is 0 Å². The third-order valence-corrected chi connectivity index (χ3v) is 7.71. The zero-order chi connectivity index (χ0) is 30.7. The Kier molecular flexibility index (Phi) is 10.1. The lowest BCUT2D eigenvalue weighted by molar-refractivity contribution is -0.142. The summed E-state index contributed by atoms with van der Waals surface area (Å²) in [7, 11) is 0. The number of benzene rings is 5. The minimum Gasteiger partial charge on any atom is -0.481 e. The number of aliphatic carboxylic acids is 1. The largest absolute Gasteiger partial charge is 0.481 e. The zero-order valence-electron chi connectivity index (χ0n) is 24.2. The van der Waals surface area contributed by atoms with Crippen molar-refractivity contribution in [3.63, 3.8) is 0 Å². The fraction of sp³-hybridized carbons (Fsp3) is 0.132. The van der Waals surface area contributed by atoms with Gasteiger partial charge in [0.05, 0.1) is 12.5 Å². The van der Waals surface area contributed by atoms with Crippen molar-refractivity contribution < 1.29 is 19.5 Å². The first-order valence-corrected chi connectivity index (χ1v) is 14.6. The van der Waals surface area contributed by atoms with Crippen molar-refractivity contribution in [2.24, 2.45) is 5.92 Å². The molecule has 0 radical (unpaired) electrons. The first kappa shape index (κ1) is 30.1. The monoisotopic (exact) mass is 582 g/mol. The molecule has 0 aliphatic carbocycles.